The number of aromatic nitrogens is 1. The zero-order valence-corrected chi connectivity index (χ0v) is 17.3. The predicted molar refractivity (Wildman–Crippen MR) is 123 cm³/mol. The highest BCUT2D eigenvalue weighted by atomic mass is 35.5. The lowest BCUT2D eigenvalue weighted by molar-refractivity contribution is 0.255. The van der Waals surface area contributed by atoms with Gasteiger partial charge >= 0.3 is 6.03 Å². The minimum absolute atomic E-state index is 0.289. The Morgan fingerprint density at radius 3 is 1.73 bits per heavy atom. The van der Waals surface area contributed by atoms with E-state index in [1.54, 1.807) is 52.5 Å². The molecule has 0 atom stereocenters. The van der Waals surface area contributed by atoms with Crippen molar-refractivity contribution < 1.29 is 4.79 Å². The van der Waals surface area contributed by atoms with Gasteiger partial charge in [0.05, 0.1) is 27.8 Å². The molecular formula is C24H17Cl2N3O. The summed E-state index contributed by atoms with van der Waals surface area (Å²) in [5, 5.41) is 0.864. The maximum absolute atomic E-state index is 14.0. The highest BCUT2D eigenvalue weighted by Gasteiger charge is 2.28. The van der Waals surface area contributed by atoms with Gasteiger partial charge in [-0.25, -0.2) is 4.79 Å². The van der Waals surface area contributed by atoms with Gasteiger partial charge in [0.15, 0.2) is 0 Å². The summed E-state index contributed by atoms with van der Waals surface area (Å²) >= 11 is 12.6. The Morgan fingerprint density at radius 1 is 0.667 bits per heavy atom. The summed E-state index contributed by atoms with van der Waals surface area (Å²) in [5.41, 5.74) is 2.63. The highest BCUT2D eigenvalue weighted by Crippen LogP contribution is 2.37. The van der Waals surface area contributed by atoms with Crippen LogP contribution in [0.4, 0.5) is 27.5 Å². The number of urea groups is 1. The normalized spacial score (nSPS) is 10.5. The lowest BCUT2D eigenvalue weighted by Crippen LogP contribution is -2.38. The standard InChI is InChI=1S/C24H17Cl2N3O/c25-18-11-12-23(22(26)17-18)29(21-13-15-27-16-14-21)24(30)28(19-7-3-1-4-8-19)20-9-5-2-6-10-20/h1-17H. The average molecular weight is 434 g/mol. The molecule has 3 aromatic carbocycles. The summed E-state index contributed by atoms with van der Waals surface area (Å²) in [5.74, 6) is 0. The van der Waals surface area contributed by atoms with Gasteiger partial charge in [0, 0.05) is 17.4 Å². The maximum atomic E-state index is 14.0. The molecule has 148 valence electrons. The van der Waals surface area contributed by atoms with Crippen LogP contribution < -0.4 is 9.80 Å². The topological polar surface area (TPSA) is 36.4 Å². The van der Waals surface area contributed by atoms with E-state index in [0.717, 1.165) is 11.4 Å². The third-order valence-corrected chi connectivity index (χ3v) is 5.02. The van der Waals surface area contributed by atoms with Gasteiger partial charge in [0.1, 0.15) is 0 Å². The Hall–Kier alpha value is -3.34. The third kappa shape index (κ3) is 4.15. The number of hydrogen-bond donors (Lipinski definition) is 0. The van der Waals surface area contributed by atoms with Crippen LogP contribution in [0.2, 0.25) is 10.0 Å². The Labute approximate surface area is 184 Å². The van der Waals surface area contributed by atoms with Crippen molar-refractivity contribution in [2.24, 2.45) is 0 Å². The van der Waals surface area contributed by atoms with E-state index in [9.17, 15) is 4.79 Å². The quantitative estimate of drug-likeness (QED) is 0.334. The molecule has 1 heterocycles. The number of benzene rings is 3. The highest BCUT2D eigenvalue weighted by molar-refractivity contribution is 6.37. The van der Waals surface area contributed by atoms with Crippen LogP contribution >= 0.6 is 23.2 Å². The summed E-state index contributed by atoms with van der Waals surface area (Å²) in [6.07, 6.45) is 3.27. The second kappa shape index (κ2) is 8.99. The number of carbonyl (C=O) groups excluding carboxylic acids is 1. The summed E-state index contributed by atoms with van der Waals surface area (Å²) in [6.45, 7) is 0. The van der Waals surface area contributed by atoms with Crippen molar-refractivity contribution in [2.45, 2.75) is 0 Å². The molecule has 0 radical (unpaired) electrons. The average Bonchev–Trinajstić information content (AvgIpc) is 2.78. The molecule has 1 aromatic heterocycles. The van der Waals surface area contributed by atoms with Crippen molar-refractivity contribution in [2.75, 3.05) is 9.80 Å². The zero-order chi connectivity index (χ0) is 20.9. The summed E-state index contributed by atoms with van der Waals surface area (Å²) in [7, 11) is 0. The van der Waals surface area contributed by atoms with E-state index in [1.807, 2.05) is 60.7 Å². The largest absolute Gasteiger partial charge is 0.338 e. The van der Waals surface area contributed by atoms with Crippen molar-refractivity contribution in [1.82, 2.24) is 4.98 Å². The minimum Gasteiger partial charge on any atom is -0.265 e. The second-order valence-corrected chi connectivity index (χ2v) is 7.27. The van der Waals surface area contributed by atoms with Crippen LogP contribution in [0.1, 0.15) is 0 Å². The van der Waals surface area contributed by atoms with Gasteiger partial charge in [0.2, 0.25) is 0 Å². The van der Waals surface area contributed by atoms with Gasteiger partial charge in [-0.2, -0.15) is 0 Å². The van der Waals surface area contributed by atoms with Gasteiger partial charge < -0.3 is 0 Å². The molecule has 0 aliphatic rings. The van der Waals surface area contributed by atoms with Crippen LogP contribution in [0.25, 0.3) is 0 Å². The Morgan fingerprint density at radius 2 is 1.20 bits per heavy atom. The fraction of sp³-hybridized carbons (Fsp3) is 0. The molecule has 0 spiro atoms. The van der Waals surface area contributed by atoms with E-state index in [2.05, 4.69) is 4.98 Å². The predicted octanol–water partition coefficient (Wildman–Crippen LogP) is 7.48. The van der Waals surface area contributed by atoms with Crippen LogP contribution in [-0.4, -0.2) is 11.0 Å². The number of rotatable bonds is 4. The van der Waals surface area contributed by atoms with Crippen LogP contribution in [0.15, 0.2) is 103 Å². The van der Waals surface area contributed by atoms with E-state index < -0.39 is 0 Å². The molecule has 0 aliphatic carbocycles. The van der Waals surface area contributed by atoms with Crippen molar-refractivity contribution in [3.05, 3.63) is 113 Å². The maximum Gasteiger partial charge on any atom is 0.338 e. The van der Waals surface area contributed by atoms with Gasteiger partial charge in [-0.3, -0.25) is 14.8 Å². The van der Waals surface area contributed by atoms with Crippen LogP contribution in [0.3, 0.4) is 0 Å². The number of para-hydroxylation sites is 2. The molecule has 4 rings (SSSR count). The number of pyridine rings is 1. The van der Waals surface area contributed by atoms with Crippen LogP contribution in [0, 0.1) is 0 Å². The number of amides is 2. The van der Waals surface area contributed by atoms with Crippen LogP contribution in [0.5, 0.6) is 0 Å². The molecule has 0 saturated carbocycles. The first-order chi connectivity index (χ1) is 14.6. The Bertz CT molecular complexity index is 1100. The van der Waals surface area contributed by atoms with E-state index in [4.69, 9.17) is 23.2 Å². The van der Waals surface area contributed by atoms with E-state index >= 15 is 0 Å². The fourth-order valence-electron chi connectivity index (χ4n) is 3.13. The lowest BCUT2D eigenvalue weighted by Gasteiger charge is -2.31. The summed E-state index contributed by atoms with van der Waals surface area (Å²) in [4.78, 5) is 21.3. The molecule has 0 unspecified atom stereocenters. The van der Waals surface area contributed by atoms with Crippen molar-refractivity contribution in [3.63, 3.8) is 0 Å². The molecule has 30 heavy (non-hydrogen) atoms. The number of halogens is 2. The first-order valence-corrected chi connectivity index (χ1v) is 10.00. The van der Waals surface area contributed by atoms with Crippen molar-refractivity contribution in [1.29, 1.82) is 0 Å². The first-order valence-electron chi connectivity index (χ1n) is 9.24. The molecule has 0 aliphatic heterocycles. The first kappa shape index (κ1) is 20.0. The summed E-state index contributed by atoms with van der Waals surface area (Å²) in [6, 6.07) is 27.2. The van der Waals surface area contributed by atoms with E-state index in [0.29, 0.717) is 21.4 Å². The molecule has 6 heteroatoms. The SMILES string of the molecule is O=C(N(c1ccccc1)c1ccccc1)N(c1ccncc1)c1ccc(Cl)cc1Cl. The molecular weight excluding hydrogens is 417 g/mol. The molecule has 0 bridgehead atoms. The van der Waals surface area contributed by atoms with Gasteiger partial charge in [-0.15, -0.1) is 0 Å². The smallest absolute Gasteiger partial charge is 0.265 e. The van der Waals surface area contributed by atoms with E-state index in [1.165, 1.54) is 0 Å². The van der Waals surface area contributed by atoms with Gasteiger partial charge in [0.25, 0.3) is 0 Å². The fourth-order valence-corrected chi connectivity index (χ4v) is 3.63. The molecule has 0 N–H and O–H groups in total. The number of nitrogens with zero attached hydrogens (tertiary/aromatic N) is 3. The van der Waals surface area contributed by atoms with Crippen LogP contribution in [-0.2, 0) is 0 Å². The lowest BCUT2D eigenvalue weighted by atomic mass is 10.2. The van der Waals surface area contributed by atoms with Crippen molar-refractivity contribution in [3.8, 4) is 0 Å². The Kier molecular flexibility index (Phi) is 5.98. The molecule has 4 nitrogen and oxygen atoms in total. The number of hydrogen-bond acceptors (Lipinski definition) is 2. The minimum atomic E-state index is -0.289. The number of carbonyl (C=O) groups is 1. The Balaban J connectivity index is 1.89. The second-order valence-electron chi connectivity index (χ2n) is 6.43. The third-order valence-electron chi connectivity index (χ3n) is 4.48. The summed E-state index contributed by atoms with van der Waals surface area (Å²) < 4.78 is 0. The van der Waals surface area contributed by atoms with E-state index in [-0.39, 0.29) is 6.03 Å². The molecule has 2 amide bonds. The monoisotopic (exact) mass is 433 g/mol. The molecule has 0 fully saturated rings. The molecule has 4 aromatic rings. The van der Waals surface area contributed by atoms with Gasteiger partial charge in [-0.1, -0.05) is 59.6 Å². The van der Waals surface area contributed by atoms with Crippen molar-refractivity contribution >= 4 is 52.0 Å². The number of anilines is 4. The zero-order valence-electron chi connectivity index (χ0n) is 15.8. The van der Waals surface area contributed by atoms with Gasteiger partial charge in [-0.05, 0) is 54.6 Å². The molecule has 0 saturated heterocycles.